The third-order valence-corrected chi connectivity index (χ3v) is 3.15. The van der Waals surface area contributed by atoms with E-state index in [1.54, 1.807) is 31.2 Å². The van der Waals surface area contributed by atoms with E-state index in [1.165, 1.54) is 7.11 Å². The summed E-state index contributed by atoms with van der Waals surface area (Å²) in [4.78, 5) is 0. The number of ether oxygens (including phenoxy) is 3. The lowest BCUT2D eigenvalue weighted by Crippen LogP contribution is -2.67. The molecule has 1 heterocycles. The zero-order valence-corrected chi connectivity index (χ0v) is 10.8. The van der Waals surface area contributed by atoms with Gasteiger partial charge in [0.2, 0.25) is 0 Å². The van der Waals surface area contributed by atoms with Gasteiger partial charge in [0, 0.05) is 7.11 Å². The summed E-state index contributed by atoms with van der Waals surface area (Å²) in [6, 6.07) is 8.65. The van der Waals surface area contributed by atoms with E-state index in [-0.39, 0.29) is 0 Å². The molecule has 0 spiro atoms. The van der Waals surface area contributed by atoms with Crippen LogP contribution < -0.4 is 4.74 Å². The number of hydrogen-bond donors (Lipinski definition) is 3. The Bertz CT molecular complexity index is 411. The second-order valence-corrected chi connectivity index (χ2v) is 4.47. The molecule has 1 unspecified atom stereocenters. The highest BCUT2D eigenvalue weighted by Crippen LogP contribution is 2.33. The lowest BCUT2D eigenvalue weighted by atomic mass is 9.98. The first-order chi connectivity index (χ1) is 9.00. The molecule has 3 N–H and O–H groups in total. The molecular formula is C13H18O6. The van der Waals surface area contributed by atoms with Crippen molar-refractivity contribution in [3.8, 4) is 5.75 Å². The molecule has 1 aliphatic rings. The van der Waals surface area contributed by atoms with Crippen molar-refractivity contribution < 1.29 is 29.5 Å². The van der Waals surface area contributed by atoms with Gasteiger partial charge in [0.25, 0.3) is 0 Å². The van der Waals surface area contributed by atoms with E-state index in [0.717, 1.165) is 0 Å². The number of aliphatic hydroxyl groups excluding tert-OH is 3. The summed E-state index contributed by atoms with van der Waals surface area (Å²) in [6.45, 7) is 1.56. The van der Waals surface area contributed by atoms with E-state index in [2.05, 4.69) is 0 Å². The van der Waals surface area contributed by atoms with Gasteiger partial charge in [-0.15, -0.1) is 0 Å². The first-order valence-electron chi connectivity index (χ1n) is 6.01. The molecule has 106 valence electrons. The third kappa shape index (κ3) is 2.58. The van der Waals surface area contributed by atoms with Crippen molar-refractivity contribution in [2.75, 3.05) is 7.11 Å². The molecule has 1 aliphatic heterocycles. The third-order valence-electron chi connectivity index (χ3n) is 3.15. The Balaban J connectivity index is 2.26. The summed E-state index contributed by atoms with van der Waals surface area (Å²) in [6.07, 6.45) is -4.92. The largest absolute Gasteiger partial charge is 0.437 e. The van der Waals surface area contributed by atoms with Crippen molar-refractivity contribution in [2.24, 2.45) is 0 Å². The normalized spacial score (nSPS) is 39.0. The van der Waals surface area contributed by atoms with Crippen LogP contribution in [0.2, 0.25) is 0 Å². The van der Waals surface area contributed by atoms with Crippen molar-refractivity contribution in [2.45, 2.75) is 37.3 Å². The minimum absolute atomic E-state index is 0.416. The van der Waals surface area contributed by atoms with Gasteiger partial charge in [-0.1, -0.05) is 18.2 Å². The highest BCUT2D eigenvalue weighted by Gasteiger charge is 2.55. The van der Waals surface area contributed by atoms with Crippen LogP contribution in [0.4, 0.5) is 0 Å². The van der Waals surface area contributed by atoms with E-state index in [0.29, 0.717) is 5.75 Å². The Morgan fingerprint density at radius 1 is 1.11 bits per heavy atom. The summed E-state index contributed by atoms with van der Waals surface area (Å²) >= 11 is 0. The van der Waals surface area contributed by atoms with Gasteiger partial charge >= 0.3 is 5.97 Å². The molecule has 0 aromatic heterocycles. The maximum Gasteiger partial charge on any atom is 0.357 e. The fourth-order valence-corrected chi connectivity index (χ4v) is 2.02. The maximum absolute atomic E-state index is 10.1. The molecule has 19 heavy (non-hydrogen) atoms. The average Bonchev–Trinajstić information content (AvgIpc) is 2.43. The van der Waals surface area contributed by atoms with Crippen molar-refractivity contribution in [1.29, 1.82) is 0 Å². The summed E-state index contributed by atoms with van der Waals surface area (Å²) in [5.41, 5.74) is 0. The van der Waals surface area contributed by atoms with Crippen molar-refractivity contribution >= 4 is 0 Å². The molecule has 1 aromatic rings. The van der Waals surface area contributed by atoms with Crippen LogP contribution in [-0.2, 0) is 9.47 Å². The maximum atomic E-state index is 10.1. The van der Waals surface area contributed by atoms with Gasteiger partial charge in [-0.05, 0) is 19.1 Å². The molecule has 0 radical (unpaired) electrons. The smallest absolute Gasteiger partial charge is 0.357 e. The van der Waals surface area contributed by atoms with E-state index in [9.17, 15) is 15.3 Å². The molecule has 6 heteroatoms. The number of methoxy groups -OCH3 is 1. The summed E-state index contributed by atoms with van der Waals surface area (Å²) < 4.78 is 16.1. The predicted molar refractivity (Wildman–Crippen MR) is 65.4 cm³/mol. The molecule has 1 saturated heterocycles. The van der Waals surface area contributed by atoms with Crippen LogP contribution in [-0.4, -0.2) is 52.8 Å². The van der Waals surface area contributed by atoms with Gasteiger partial charge in [-0.25, -0.2) is 0 Å². The first kappa shape index (κ1) is 14.2. The van der Waals surface area contributed by atoms with Gasteiger partial charge < -0.3 is 29.5 Å². The van der Waals surface area contributed by atoms with Gasteiger partial charge in [-0.3, -0.25) is 0 Å². The summed E-state index contributed by atoms with van der Waals surface area (Å²) in [5, 5.41) is 29.5. The summed E-state index contributed by atoms with van der Waals surface area (Å²) in [7, 11) is 1.29. The quantitative estimate of drug-likeness (QED) is 0.663. The van der Waals surface area contributed by atoms with Crippen LogP contribution in [0.1, 0.15) is 6.92 Å². The topological polar surface area (TPSA) is 88.4 Å². The average molecular weight is 270 g/mol. The zero-order valence-electron chi connectivity index (χ0n) is 10.8. The number of rotatable bonds is 3. The van der Waals surface area contributed by atoms with Crippen LogP contribution in [0.5, 0.6) is 5.75 Å². The van der Waals surface area contributed by atoms with Crippen LogP contribution in [0, 0.1) is 0 Å². The Hall–Kier alpha value is -1.18. The van der Waals surface area contributed by atoms with Crippen LogP contribution in [0.25, 0.3) is 0 Å². The van der Waals surface area contributed by atoms with E-state index in [4.69, 9.17) is 14.2 Å². The lowest BCUT2D eigenvalue weighted by molar-refractivity contribution is -0.425. The van der Waals surface area contributed by atoms with Crippen LogP contribution >= 0.6 is 0 Å². The highest BCUT2D eigenvalue weighted by molar-refractivity contribution is 5.21. The number of para-hydroxylation sites is 1. The van der Waals surface area contributed by atoms with Gasteiger partial charge in [-0.2, -0.15) is 0 Å². The molecule has 1 fully saturated rings. The first-order valence-corrected chi connectivity index (χ1v) is 6.01. The van der Waals surface area contributed by atoms with Gasteiger partial charge in [0.15, 0.2) is 6.10 Å². The standard InChI is InChI=1S/C13H18O6/c1-8-10(14)11(15)12(16)13(17-2,18-8)19-9-6-4-3-5-7-9/h3-8,10-12,14-16H,1-2H3/t8-,10-,11+,12+,13?/m1/s1. The van der Waals surface area contributed by atoms with Crippen LogP contribution in [0.3, 0.4) is 0 Å². The molecule has 5 atom stereocenters. The summed E-state index contributed by atoms with van der Waals surface area (Å²) in [5.74, 6) is -1.43. The highest BCUT2D eigenvalue weighted by atomic mass is 16.9. The predicted octanol–water partition coefficient (Wildman–Crippen LogP) is -0.133. The number of aliphatic hydroxyl groups is 3. The molecule has 0 saturated carbocycles. The van der Waals surface area contributed by atoms with Crippen LogP contribution in [0.15, 0.2) is 30.3 Å². The second-order valence-electron chi connectivity index (χ2n) is 4.47. The van der Waals surface area contributed by atoms with Gasteiger partial charge in [0.1, 0.15) is 18.0 Å². The molecular weight excluding hydrogens is 252 g/mol. The fourth-order valence-electron chi connectivity index (χ4n) is 2.02. The molecule has 2 rings (SSSR count). The zero-order chi connectivity index (χ0) is 14.0. The minimum atomic E-state index is -1.85. The Morgan fingerprint density at radius 2 is 1.74 bits per heavy atom. The number of benzene rings is 1. The van der Waals surface area contributed by atoms with E-state index in [1.807, 2.05) is 6.07 Å². The molecule has 1 aromatic carbocycles. The Morgan fingerprint density at radius 3 is 2.32 bits per heavy atom. The SMILES string of the molecule is COC1(Oc2ccccc2)O[C@H](C)[C@@H](O)[C@H](O)[C@@H]1O. The number of hydrogen-bond acceptors (Lipinski definition) is 6. The Labute approximate surface area is 111 Å². The minimum Gasteiger partial charge on any atom is -0.437 e. The van der Waals surface area contributed by atoms with Gasteiger partial charge in [0.05, 0.1) is 6.10 Å². The lowest BCUT2D eigenvalue weighted by Gasteiger charge is -2.45. The van der Waals surface area contributed by atoms with Crippen molar-refractivity contribution in [1.82, 2.24) is 0 Å². The fraction of sp³-hybridized carbons (Fsp3) is 0.538. The molecule has 0 amide bonds. The Kier molecular flexibility index (Phi) is 4.07. The molecule has 6 nitrogen and oxygen atoms in total. The second kappa shape index (κ2) is 5.44. The van der Waals surface area contributed by atoms with E-state index >= 15 is 0 Å². The molecule has 0 aliphatic carbocycles. The molecule has 0 bridgehead atoms. The van der Waals surface area contributed by atoms with Crippen molar-refractivity contribution in [3.05, 3.63) is 30.3 Å². The monoisotopic (exact) mass is 270 g/mol. The van der Waals surface area contributed by atoms with Crippen molar-refractivity contribution in [3.63, 3.8) is 0 Å². The van der Waals surface area contributed by atoms with E-state index < -0.39 is 30.4 Å².